The van der Waals surface area contributed by atoms with E-state index in [-0.39, 0.29) is 0 Å². The van der Waals surface area contributed by atoms with E-state index in [9.17, 15) is 0 Å². The van der Waals surface area contributed by atoms with Crippen LogP contribution in [0.15, 0.2) is 97.2 Å². The molecule has 29 heavy (non-hydrogen) atoms. The third kappa shape index (κ3) is 3.31. The van der Waals surface area contributed by atoms with E-state index in [1.54, 1.807) is 0 Å². The topological polar surface area (TPSA) is 16.1 Å². The Morgan fingerprint density at radius 1 is 0.793 bits per heavy atom. The minimum atomic E-state index is 0.354. The molecule has 1 aliphatic rings. The highest BCUT2D eigenvalue weighted by molar-refractivity contribution is 5.84. The normalized spacial score (nSPS) is 15.8. The predicted molar refractivity (Wildman–Crippen MR) is 122 cm³/mol. The Kier molecular flexibility index (Phi) is 4.61. The van der Waals surface area contributed by atoms with Gasteiger partial charge in [0, 0.05) is 35.3 Å². The van der Waals surface area contributed by atoms with Gasteiger partial charge in [-0.25, -0.2) is 4.98 Å². The molecule has 0 amide bonds. The maximum atomic E-state index is 5.02. The lowest BCUT2D eigenvalue weighted by Gasteiger charge is -2.34. The summed E-state index contributed by atoms with van der Waals surface area (Å²) in [7, 11) is 0. The zero-order chi connectivity index (χ0) is 19.6. The first-order chi connectivity index (χ1) is 14.3. The van der Waals surface area contributed by atoms with Crippen molar-refractivity contribution < 1.29 is 0 Å². The lowest BCUT2D eigenvalue weighted by Crippen LogP contribution is -2.24. The van der Waals surface area contributed by atoms with Gasteiger partial charge >= 0.3 is 0 Å². The number of benzene rings is 3. The molecule has 1 atom stereocenters. The molecule has 0 saturated heterocycles. The molecule has 0 fully saturated rings. The molecular formula is C27H24N2. The van der Waals surface area contributed by atoms with Crippen LogP contribution in [-0.2, 0) is 6.54 Å². The summed E-state index contributed by atoms with van der Waals surface area (Å²) in [6, 6.07) is 32.2. The van der Waals surface area contributed by atoms with Crippen LogP contribution in [0.3, 0.4) is 0 Å². The van der Waals surface area contributed by atoms with Gasteiger partial charge in [-0.3, -0.25) is 0 Å². The summed E-state index contributed by atoms with van der Waals surface area (Å²) in [4.78, 5) is 7.39. The molecule has 142 valence electrons. The molecule has 0 N–H and O–H groups in total. The maximum Gasteiger partial charge on any atom is 0.0709 e. The summed E-state index contributed by atoms with van der Waals surface area (Å²) in [5.74, 6) is 0.354. The summed E-state index contributed by atoms with van der Waals surface area (Å²) in [5, 5.41) is 1.18. The van der Waals surface area contributed by atoms with Crippen molar-refractivity contribution in [2.24, 2.45) is 0 Å². The van der Waals surface area contributed by atoms with Gasteiger partial charge in [0.1, 0.15) is 0 Å². The van der Waals surface area contributed by atoms with Crippen LogP contribution in [0.1, 0.15) is 36.1 Å². The number of aromatic nitrogens is 1. The number of fused-ring (bicyclic) bond motifs is 2. The van der Waals surface area contributed by atoms with Crippen molar-refractivity contribution >= 4 is 22.2 Å². The molecule has 0 aliphatic carbocycles. The summed E-state index contributed by atoms with van der Waals surface area (Å²) in [5.41, 5.74) is 7.41. The molecule has 2 heterocycles. The van der Waals surface area contributed by atoms with E-state index in [0.29, 0.717) is 5.92 Å². The van der Waals surface area contributed by atoms with E-state index in [2.05, 4.69) is 109 Å². The number of allylic oxidation sites excluding steroid dienone is 1. The molecule has 2 heteroatoms. The van der Waals surface area contributed by atoms with Crippen LogP contribution >= 0.6 is 0 Å². The molecular weight excluding hydrogens is 352 g/mol. The fraction of sp³-hybridized carbons (Fsp3) is 0.148. The Morgan fingerprint density at radius 3 is 2.41 bits per heavy atom. The number of nitrogens with zero attached hydrogens (tertiary/aromatic N) is 2. The second kappa shape index (κ2) is 7.56. The molecule has 0 bridgehead atoms. The van der Waals surface area contributed by atoms with Crippen LogP contribution in [0.5, 0.6) is 0 Å². The van der Waals surface area contributed by atoms with Crippen LogP contribution in [0.25, 0.3) is 16.5 Å². The Bertz CT molecular complexity index is 1180. The summed E-state index contributed by atoms with van der Waals surface area (Å²) in [6.45, 7) is 3.12. The minimum Gasteiger partial charge on any atom is -0.343 e. The number of pyridine rings is 1. The second-order valence-corrected chi connectivity index (χ2v) is 7.61. The molecule has 4 aromatic rings. The smallest absolute Gasteiger partial charge is 0.0709 e. The van der Waals surface area contributed by atoms with Gasteiger partial charge in [-0.2, -0.15) is 0 Å². The van der Waals surface area contributed by atoms with Crippen molar-refractivity contribution in [3.63, 3.8) is 0 Å². The molecule has 1 aliphatic heterocycles. The van der Waals surface area contributed by atoms with Gasteiger partial charge in [0.15, 0.2) is 0 Å². The van der Waals surface area contributed by atoms with Gasteiger partial charge in [-0.05, 0) is 35.7 Å². The van der Waals surface area contributed by atoms with E-state index < -0.39 is 0 Å². The molecule has 3 aromatic carbocycles. The maximum absolute atomic E-state index is 5.02. The molecule has 2 nitrogen and oxygen atoms in total. The number of hydrogen-bond donors (Lipinski definition) is 0. The second-order valence-electron chi connectivity index (χ2n) is 7.61. The molecule has 5 rings (SSSR count). The molecule has 0 saturated carbocycles. The van der Waals surface area contributed by atoms with E-state index in [0.717, 1.165) is 24.2 Å². The van der Waals surface area contributed by atoms with E-state index in [1.165, 1.54) is 27.8 Å². The standard InChI is InChI=1S/C27H24N2/c1-2-22-23-13-7-9-15-27(23)29(18-20-10-4-3-5-11-20)19-24(22)26-17-16-21-12-6-8-14-25(21)28-26/h3-17,19,22H,2,18H2,1H3. The highest BCUT2D eigenvalue weighted by Gasteiger charge is 2.27. The average Bonchev–Trinajstić information content (AvgIpc) is 2.79. The summed E-state index contributed by atoms with van der Waals surface area (Å²) < 4.78 is 0. The van der Waals surface area contributed by atoms with Crippen LogP contribution < -0.4 is 4.90 Å². The monoisotopic (exact) mass is 376 g/mol. The van der Waals surface area contributed by atoms with Gasteiger partial charge in [0.25, 0.3) is 0 Å². The quantitative estimate of drug-likeness (QED) is 0.390. The molecule has 0 radical (unpaired) electrons. The van der Waals surface area contributed by atoms with Crippen molar-refractivity contribution in [1.82, 2.24) is 4.98 Å². The number of para-hydroxylation sites is 2. The lowest BCUT2D eigenvalue weighted by molar-refractivity contribution is 0.787. The van der Waals surface area contributed by atoms with Crippen molar-refractivity contribution in [3.05, 3.63) is 114 Å². The van der Waals surface area contributed by atoms with Crippen LogP contribution in [0.2, 0.25) is 0 Å². The highest BCUT2D eigenvalue weighted by atomic mass is 15.1. The Hall–Kier alpha value is -3.39. The van der Waals surface area contributed by atoms with Crippen molar-refractivity contribution in [2.75, 3.05) is 4.90 Å². The number of hydrogen-bond acceptors (Lipinski definition) is 2. The largest absolute Gasteiger partial charge is 0.343 e. The number of anilines is 1. The van der Waals surface area contributed by atoms with Gasteiger partial charge in [0.2, 0.25) is 0 Å². The first-order valence-electron chi connectivity index (χ1n) is 10.3. The Labute approximate surface area is 172 Å². The first kappa shape index (κ1) is 17.7. The third-order valence-corrected chi connectivity index (χ3v) is 5.79. The van der Waals surface area contributed by atoms with Crippen LogP contribution in [0, 0.1) is 0 Å². The van der Waals surface area contributed by atoms with Gasteiger partial charge in [0.05, 0.1) is 11.2 Å². The fourth-order valence-electron chi connectivity index (χ4n) is 4.36. The van der Waals surface area contributed by atoms with Crippen molar-refractivity contribution in [2.45, 2.75) is 25.8 Å². The van der Waals surface area contributed by atoms with Crippen molar-refractivity contribution in [3.8, 4) is 0 Å². The van der Waals surface area contributed by atoms with E-state index in [4.69, 9.17) is 4.98 Å². The summed E-state index contributed by atoms with van der Waals surface area (Å²) >= 11 is 0. The predicted octanol–water partition coefficient (Wildman–Crippen LogP) is 6.79. The molecule has 1 unspecified atom stereocenters. The minimum absolute atomic E-state index is 0.354. The van der Waals surface area contributed by atoms with Crippen LogP contribution in [0.4, 0.5) is 5.69 Å². The van der Waals surface area contributed by atoms with Crippen LogP contribution in [-0.4, -0.2) is 4.98 Å². The van der Waals surface area contributed by atoms with Gasteiger partial charge in [-0.15, -0.1) is 0 Å². The lowest BCUT2D eigenvalue weighted by atomic mass is 9.83. The molecule has 1 aromatic heterocycles. The van der Waals surface area contributed by atoms with Gasteiger partial charge < -0.3 is 4.90 Å². The van der Waals surface area contributed by atoms with E-state index >= 15 is 0 Å². The third-order valence-electron chi connectivity index (χ3n) is 5.79. The summed E-state index contributed by atoms with van der Waals surface area (Å²) in [6.07, 6.45) is 3.37. The zero-order valence-corrected chi connectivity index (χ0v) is 16.6. The van der Waals surface area contributed by atoms with Gasteiger partial charge in [-0.1, -0.05) is 79.7 Å². The first-order valence-corrected chi connectivity index (χ1v) is 10.3. The van der Waals surface area contributed by atoms with E-state index in [1.807, 2.05) is 0 Å². The molecule has 0 spiro atoms. The average molecular weight is 377 g/mol. The fourth-order valence-corrected chi connectivity index (χ4v) is 4.36. The Morgan fingerprint density at radius 2 is 1.55 bits per heavy atom. The SMILES string of the molecule is CCC1C(c2ccc3ccccc3n2)=CN(Cc2ccccc2)c2ccccc21. The Balaban J connectivity index is 1.63. The number of rotatable bonds is 4. The van der Waals surface area contributed by atoms with Crippen molar-refractivity contribution in [1.29, 1.82) is 0 Å². The highest BCUT2D eigenvalue weighted by Crippen LogP contribution is 2.44. The zero-order valence-electron chi connectivity index (χ0n) is 16.6.